The first kappa shape index (κ1) is 33.8. The number of anilines is 3. The topological polar surface area (TPSA) is 21.3 Å². The number of hydrogen-bond donors (Lipinski definition) is 0. The monoisotopic (exact) mass is 776 g/mol. The Hall–Kier alpha value is -8.14. The van der Waals surface area contributed by atoms with Crippen LogP contribution in [0.4, 0.5) is 17.1 Å². The van der Waals surface area contributed by atoms with Gasteiger partial charge in [-0.3, -0.25) is 0 Å². The van der Waals surface area contributed by atoms with Gasteiger partial charge in [-0.1, -0.05) is 164 Å². The fraction of sp³-hybridized carbons (Fsp3) is 0. The van der Waals surface area contributed by atoms with Crippen LogP contribution >= 0.6 is 0 Å². The first-order valence-corrected chi connectivity index (χ1v) is 20.9. The highest BCUT2D eigenvalue weighted by atomic mass is 16.3. The van der Waals surface area contributed by atoms with Gasteiger partial charge in [0.05, 0.1) is 16.7 Å². The molecule has 0 N–H and O–H groups in total. The van der Waals surface area contributed by atoms with Gasteiger partial charge in [-0.2, -0.15) is 0 Å². The Labute approximate surface area is 351 Å². The number of rotatable bonds is 5. The van der Waals surface area contributed by atoms with E-state index in [1.807, 2.05) is 0 Å². The van der Waals surface area contributed by atoms with Crippen molar-refractivity contribution < 1.29 is 4.42 Å². The van der Waals surface area contributed by atoms with E-state index in [0.29, 0.717) is 0 Å². The third kappa shape index (κ3) is 5.04. The van der Waals surface area contributed by atoms with E-state index in [-0.39, 0.29) is 0 Å². The van der Waals surface area contributed by atoms with Gasteiger partial charge in [0.1, 0.15) is 11.2 Å². The smallest absolute Gasteiger partial charge is 0.138 e. The van der Waals surface area contributed by atoms with Crippen LogP contribution in [0.3, 0.4) is 0 Å². The number of furan rings is 1. The van der Waals surface area contributed by atoms with Gasteiger partial charge in [-0.25, -0.2) is 0 Å². The molecule has 0 radical (unpaired) electrons. The highest BCUT2D eigenvalue weighted by molar-refractivity contribution is 6.28. The van der Waals surface area contributed by atoms with Gasteiger partial charge in [0.15, 0.2) is 0 Å². The maximum absolute atomic E-state index is 6.75. The van der Waals surface area contributed by atoms with Gasteiger partial charge in [-0.15, -0.1) is 0 Å². The zero-order valence-electron chi connectivity index (χ0n) is 33.1. The molecular weight excluding hydrogens is 741 g/mol. The minimum absolute atomic E-state index is 0.874. The van der Waals surface area contributed by atoms with Gasteiger partial charge >= 0.3 is 0 Å². The molecule has 284 valence electrons. The summed E-state index contributed by atoms with van der Waals surface area (Å²) in [6, 6.07) is 79.3. The van der Waals surface area contributed by atoms with Crippen LogP contribution in [0, 0.1) is 0 Å². The molecule has 0 fully saturated rings. The molecule has 0 saturated carbocycles. The molecule has 0 aliphatic carbocycles. The summed E-state index contributed by atoms with van der Waals surface area (Å²) >= 11 is 0. The predicted octanol–water partition coefficient (Wildman–Crippen LogP) is 16.4. The lowest BCUT2D eigenvalue weighted by atomic mass is 9.93. The summed E-state index contributed by atoms with van der Waals surface area (Å²) in [5.74, 6) is 0. The summed E-state index contributed by atoms with van der Waals surface area (Å²) < 4.78 is 9.22. The van der Waals surface area contributed by atoms with E-state index in [1.165, 1.54) is 59.4 Å². The van der Waals surface area contributed by atoms with E-state index < -0.39 is 0 Å². The normalized spacial score (nSPS) is 11.9. The molecule has 2 aromatic heterocycles. The van der Waals surface area contributed by atoms with Gasteiger partial charge in [0.25, 0.3) is 0 Å². The van der Waals surface area contributed by atoms with Crippen molar-refractivity contribution in [1.82, 2.24) is 4.57 Å². The third-order valence-electron chi connectivity index (χ3n) is 12.7. The van der Waals surface area contributed by atoms with Crippen molar-refractivity contribution in [3.05, 3.63) is 218 Å². The number of hydrogen-bond acceptors (Lipinski definition) is 2. The zero-order valence-corrected chi connectivity index (χ0v) is 33.1. The van der Waals surface area contributed by atoms with Crippen LogP contribution in [0.15, 0.2) is 223 Å². The molecule has 0 saturated heterocycles. The molecule has 11 aromatic carbocycles. The molecular formula is C58H36N2O. The summed E-state index contributed by atoms with van der Waals surface area (Å²) in [7, 11) is 0. The van der Waals surface area contributed by atoms with E-state index in [1.54, 1.807) is 0 Å². The quantitative estimate of drug-likeness (QED) is 0.162. The Balaban J connectivity index is 1.15. The Morgan fingerprint density at radius 3 is 1.62 bits per heavy atom. The Bertz CT molecular complexity index is 3840. The first-order valence-electron chi connectivity index (χ1n) is 20.9. The van der Waals surface area contributed by atoms with Crippen LogP contribution in [-0.4, -0.2) is 4.57 Å². The van der Waals surface area contributed by atoms with Gasteiger partial charge < -0.3 is 13.9 Å². The lowest BCUT2D eigenvalue weighted by molar-refractivity contribution is 0.669. The molecule has 3 heteroatoms. The lowest BCUT2D eigenvalue weighted by Gasteiger charge is -2.26. The molecule has 0 aliphatic rings. The average molecular weight is 777 g/mol. The van der Waals surface area contributed by atoms with E-state index in [9.17, 15) is 0 Å². The number of aromatic nitrogens is 1. The average Bonchev–Trinajstić information content (AvgIpc) is 3.86. The number of para-hydroxylation sites is 2. The Morgan fingerprint density at radius 1 is 0.328 bits per heavy atom. The van der Waals surface area contributed by atoms with Crippen molar-refractivity contribution >= 4 is 104 Å². The largest absolute Gasteiger partial charge is 0.456 e. The minimum Gasteiger partial charge on any atom is -0.456 e. The van der Waals surface area contributed by atoms with Crippen molar-refractivity contribution in [3.8, 4) is 16.8 Å². The number of fused-ring (bicyclic) bond motifs is 13. The first-order chi connectivity index (χ1) is 30.3. The number of benzene rings is 11. The van der Waals surface area contributed by atoms with Crippen molar-refractivity contribution in [2.24, 2.45) is 0 Å². The maximum Gasteiger partial charge on any atom is 0.138 e. The summed E-state index contributed by atoms with van der Waals surface area (Å²) in [5.41, 5.74) is 10.7. The summed E-state index contributed by atoms with van der Waals surface area (Å²) in [6.07, 6.45) is 0. The van der Waals surface area contributed by atoms with E-state index in [0.717, 1.165) is 61.3 Å². The Kier molecular flexibility index (Phi) is 7.31. The highest BCUT2D eigenvalue weighted by Gasteiger charge is 2.25. The van der Waals surface area contributed by atoms with Crippen LogP contribution in [0.1, 0.15) is 0 Å². The molecule has 13 rings (SSSR count). The van der Waals surface area contributed by atoms with E-state index >= 15 is 0 Å². The molecule has 2 heterocycles. The van der Waals surface area contributed by atoms with Crippen molar-refractivity contribution in [1.29, 1.82) is 0 Å². The molecule has 13 aromatic rings. The third-order valence-corrected chi connectivity index (χ3v) is 12.7. The molecule has 61 heavy (non-hydrogen) atoms. The van der Waals surface area contributed by atoms with Crippen LogP contribution in [0.5, 0.6) is 0 Å². The molecule has 0 unspecified atom stereocenters. The second kappa shape index (κ2) is 13.2. The number of nitrogens with zero attached hydrogens (tertiary/aromatic N) is 2. The van der Waals surface area contributed by atoms with Crippen LogP contribution in [-0.2, 0) is 0 Å². The van der Waals surface area contributed by atoms with E-state index in [4.69, 9.17) is 4.42 Å². The standard InChI is InChI=1S/C58H36N2O/c1-3-17-38(18-4-1)56-57-48-33-31-41(59(39-20-5-2-6-21-39)40-30-32-47-45-25-10-9-23-43(45)44-24-11-12-26-46(44)50(47)34-40)35-52(48)60(51-28-15-19-37-16-7-8-22-42(37)51)53(57)36-55-58(56)49-27-13-14-29-54(49)61-55/h1-36H. The molecule has 3 nitrogen and oxygen atoms in total. The van der Waals surface area contributed by atoms with Crippen molar-refractivity contribution in [2.75, 3.05) is 4.90 Å². The SMILES string of the molecule is c1ccc(-c2c3c(cc4c2c2ccc(N(c5ccccc5)c5ccc6c7ccccc7c7ccccc7c6c5)cc2n4-c2cccc4ccccc24)oc2ccccc23)cc1. The van der Waals surface area contributed by atoms with Crippen molar-refractivity contribution in [3.63, 3.8) is 0 Å². The second-order valence-corrected chi connectivity index (χ2v) is 16.0. The zero-order chi connectivity index (χ0) is 40.0. The predicted molar refractivity (Wildman–Crippen MR) is 258 cm³/mol. The van der Waals surface area contributed by atoms with Crippen LogP contribution < -0.4 is 4.90 Å². The minimum atomic E-state index is 0.874. The fourth-order valence-electron chi connectivity index (χ4n) is 10.1. The molecule has 0 aliphatic heterocycles. The Morgan fingerprint density at radius 2 is 0.885 bits per heavy atom. The lowest BCUT2D eigenvalue weighted by Crippen LogP contribution is -2.10. The summed E-state index contributed by atoms with van der Waals surface area (Å²) in [4.78, 5) is 2.41. The molecule has 0 amide bonds. The summed E-state index contributed by atoms with van der Waals surface area (Å²) in [6.45, 7) is 0. The second-order valence-electron chi connectivity index (χ2n) is 16.0. The highest BCUT2D eigenvalue weighted by Crippen LogP contribution is 2.48. The van der Waals surface area contributed by atoms with Gasteiger partial charge in [0, 0.05) is 55.6 Å². The van der Waals surface area contributed by atoms with Gasteiger partial charge in [-0.05, 0) is 91.8 Å². The molecule has 0 atom stereocenters. The molecule has 0 bridgehead atoms. The molecule has 0 spiro atoms. The fourth-order valence-corrected chi connectivity index (χ4v) is 10.1. The van der Waals surface area contributed by atoms with Crippen molar-refractivity contribution in [2.45, 2.75) is 0 Å². The van der Waals surface area contributed by atoms with Crippen LogP contribution in [0.25, 0.3) is 104 Å². The summed E-state index contributed by atoms with van der Waals surface area (Å²) in [5, 5.41) is 14.6. The van der Waals surface area contributed by atoms with Crippen LogP contribution in [0.2, 0.25) is 0 Å². The van der Waals surface area contributed by atoms with E-state index in [2.05, 4.69) is 228 Å². The van der Waals surface area contributed by atoms with Gasteiger partial charge in [0.2, 0.25) is 0 Å². The maximum atomic E-state index is 6.75.